The number of thiophene rings is 1. The molecule has 19 heavy (non-hydrogen) atoms. The van der Waals surface area contributed by atoms with Crippen LogP contribution in [-0.2, 0) is 11.2 Å². The molecule has 5 nitrogen and oxygen atoms in total. The number of hydrogen-bond acceptors (Lipinski definition) is 3. The van der Waals surface area contributed by atoms with Gasteiger partial charge in [0, 0.05) is 17.5 Å². The third-order valence-corrected chi connectivity index (χ3v) is 4.51. The summed E-state index contributed by atoms with van der Waals surface area (Å²) in [5.74, 6) is -0.968. The maximum Gasteiger partial charge on any atom is 0.323 e. The smallest absolute Gasteiger partial charge is 0.323 e. The molecule has 0 aliphatic heterocycles. The van der Waals surface area contributed by atoms with Crippen LogP contribution < -0.4 is 5.32 Å². The average Bonchev–Trinajstić information content (AvgIpc) is 3.10. The zero-order chi connectivity index (χ0) is 13.8. The predicted molar refractivity (Wildman–Crippen MR) is 76.5 cm³/mol. The molecule has 1 aliphatic carbocycles. The Hall–Kier alpha value is -1.08. The van der Waals surface area contributed by atoms with E-state index in [4.69, 9.17) is 5.11 Å². The number of aliphatic carboxylic acids is 1. The van der Waals surface area contributed by atoms with Crippen molar-refractivity contribution in [1.29, 1.82) is 0 Å². The van der Waals surface area contributed by atoms with Crippen LogP contribution in [0.2, 0.25) is 0 Å². The Labute approximate surface area is 123 Å². The molecule has 2 amide bonds. The topological polar surface area (TPSA) is 69.6 Å². The second-order valence-electron chi connectivity index (χ2n) is 4.44. The highest BCUT2D eigenvalue weighted by atomic mass is 79.9. The Morgan fingerprint density at radius 2 is 2.21 bits per heavy atom. The van der Waals surface area contributed by atoms with Gasteiger partial charge >= 0.3 is 12.0 Å². The molecule has 0 unspecified atom stereocenters. The van der Waals surface area contributed by atoms with Crippen LogP contribution in [0.4, 0.5) is 4.79 Å². The first-order valence-electron chi connectivity index (χ1n) is 6.06. The summed E-state index contributed by atoms with van der Waals surface area (Å²) >= 11 is 5.02. The summed E-state index contributed by atoms with van der Waals surface area (Å²) in [7, 11) is 0. The number of hydrogen-bond donors (Lipinski definition) is 2. The zero-order valence-corrected chi connectivity index (χ0v) is 12.7. The number of carboxylic acid groups (broad SMARTS) is 1. The van der Waals surface area contributed by atoms with Crippen LogP contribution >= 0.6 is 27.3 Å². The van der Waals surface area contributed by atoms with Gasteiger partial charge in [0.2, 0.25) is 0 Å². The summed E-state index contributed by atoms with van der Waals surface area (Å²) in [6.45, 7) is 0.301. The fourth-order valence-corrected chi connectivity index (χ4v) is 3.26. The van der Waals surface area contributed by atoms with Crippen LogP contribution in [0.3, 0.4) is 0 Å². The van der Waals surface area contributed by atoms with Crippen molar-refractivity contribution in [3.05, 3.63) is 20.8 Å². The molecule has 0 bridgehead atoms. The SMILES string of the molecule is O=C(O)CN(C(=O)NCCc1ccc(Br)s1)C1CC1. The van der Waals surface area contributed by atoms with Gasteiger partial charge in [0.15, 0.2) is 0 Å². The largest absolute Gasteiger partial charge is 0.480 e. The van der Waals surface area contributed by atoms with Crippen LogP contribution in [0.1, 0.15) is 17.7 Å². The average molecular weight is 347 g/mol. The van der Waals surface area contributed by atoms with Gasteiger partial charge in [-0.15, -0.1) is 11.3 Å². The number of carbonyl (C=O) groups excluding carboxylic acids is 1. The Balaban J connectivity index is 1.77. The molecule has 1 fully saturated rings. The minimum Gasteiger partial charge on any atom is -0.480 e. The molecule has 1 aromatic rings. The predicted octanol–water partition coefficient (Wildman–Crippen LogP) is 2.31. The molecule has 0 spiro atoms. The van der Waals surface area contributed by atoms with E-state index in [1.54, 1.807) is 11.3 Å². The van der Waals surface area contributed by atoms with Gasteiger partial charge in [0.25, 0.3) is 0 Å². The van der Waals surface area contributed by atoms with Crippen molar-refractivity contribution < 1.29 is 14.7 Å². The number of carbonyl (C=O) groups is 2. The number of nitrogens with zero attached hydrogens (tertiary/aromatic N) is 1. The van der Waals surface area contributed by atoms with E-state index in [0.29, 0.717) is 6.54 Å². The lowest BCUT2D eigenvalue weighted by Crippen LogP contribution is -2.44. The van der Waals surface area contributed by atoms with Crippen LogP contribution in [0.5, 0.6) is 0 Å². The van der Waals surface area contributed by atoms with Gasteiger partial charge in [0.05, 0.1) is 3.79 Å². The molecule has 1 heterocycles. The number of halogens is 1. The summed E-state index contributed by atoms with van der Waals surface area (Å²) < 4.78 is 1.07. The highest BCUT2D eigenvalue weighted by Crippen LogP contribution is 2.26. The Morgan fingerprint density at radius 3 is 2.74 bits per heavy atom. The summed E-state index contributed by atoms with van der Waals surface area (Å²) in [5.41, 5.74) is 0. The van der Waals surface area contributed by atoms with Crippen LogP contribution in [-0.4, -0.2) is 41.1 Å². The van der Waals surface area contributed by atoms with E-state index in [9.17, 15) is 9.59 Å². The Kier molecular flexibility index (Phi) is 4.81. The lowest BCUT2D eigenvalue weighted by Gasteiger charge is -2.20. The van der Waals surface area contributed by atoms with E-state index in [-0.39, 0.29) is 18.6 Å². The maximum absolute atomic E-state index is 11.9. The maximum atomic E-state index is 11.9. The summed E-state index contributed by atoms with van der Waals surface area (Å²) in [4.78, 5) is 25.2. The summed E-state index contributed by atoms with van der Waals surface area (Å²) in [5, 5.41) is 11.6. The first-order chi connectivity index (χ1) is 9.06. The van der Waals surface area contributed by atoms with Crippen molar-refractivity contribution in [2.24, 2.45) is 0 Å². The molecule has 0 atom stereocenters. The molecule has 1 saturated carbocycles. The third kappa shape index (κ3) is 4.50. The second kappa shape index (κ2) is 6.38. The second-order valence-corrected chi connectivity index (χ2v) is 6.99. The van der Waals surface area contributed by atoms with Crippen molar-refractivity contribution in [1.82, 2.24) is 10.2 Å². The van der Waals surface area contributed by atoms with Gasteiger partial charge in [-0.25, -0.2) is 4.79 Å². The molecule has 0 aromatic carbocycles. The number of nitrogens with one attached hydrogen (secondary N) is 1. The van der Waals surface area contributed by atoms with Crippen LogP contribution in [0, 0.1) is 0 Å². The molecule has 0 saturated heterocycles. The Morgan fingerprint density at radius 1 is 1.47 bits per heavy atom. The molecule has 2 N–H and O–H groups in total. The van der Waals surface area contributed by atoms with Crippen molar-refractivity contribution in [3.63, 3.8) is 0 Å². The normalized spacial score (nSPS) is 14.2. The molecule has 7 heteroatoms. The van der Waals surface area contributed by atoms with Crippen molar-refractivity contribution in [2.45, 2.75) is 25.3 Å². The minimum atomic E-state index is -0.968. The molecular formula is C12H15BrN2O3S. The van der Waals surface area contributed by atoms with Crippen LogP contribution in [0.15, 0.2) is 15.9 Å². The monoisotopic (exact) mass is 346 g/mol. The van der Waals surface area contributed by atoms with E-state index < -0.39 is 5.97 Å². The van der Waals surface area contributed by atoms with Gasteiger partial charge in [-0.2, -0.15) is 0 Å². The molecule has 1 aliphatic rings. The quantitative estimate of drug-likeness (QED) is 0.830. The minimum absolute atomic E-state index is 0.104. The first kappa shape index (κ1) is 14.3. The standard InChI is InChI=1S/C12H15BrN2O3S/c13-10-4-3-9(19-10)5-6-14-12(18)15(7-11(16)17)8-1-2-8/h3-4,8H,1-2,5-7H2,(H,14,18)(H,16,17). The number of rotatable bonds is 6. The fourth-order valence-electron chi connectivity index (χ4n) is 1.78. The van der Waals surface area contributed by atoms with E-state index in [1.807, 2.05) is 12.1 Å². The van der Waals surface area contributed by atoms with Crippen LogP contribution in [0.25, 0.3) is 0 Å². The highest BCUT2D eigenvalue weighted by molar-refractivity contribution is 9.11. The first-order valence-corrected chi connectivity index (χ1v) is 7.67. The molecule has 104 valence electrons. The third-order valence-electron chi connectivity index (χ3n) is 2.83. The number of urea groups is 1. The van der Waals surface area contributed by atoms with Gasteiger partial charge < -0.3 is 15.3 Å². The summed E-state index contributed by atoms with van der Waals surface area (Å²) in [6.07, 6.45) is 2.56. The highest BCUT2D eigenvalue weighted by Gasteiger charge is 2.33. The fraction of sp³-hybridized carbons (Fsp3) is 0.500. The molecule has 1 aromatic heterocycles. The molecular weight excluding hydrogens is 332 g/mol. The van der Waals surface area contributed by atoms with E-state index in [2.05, 4.69) is 21.2 Å². The molecule has 2 rings (SSSR count). The van der Waals surface area contributed by atoms with Gasteiger partial charge in [-0.05, 0) is 47.3 Å². The van der Waals surface area contributed by atoms with E-state index in [1.165, 1.54) is 9.78 Å². The Bertz CT molecular complexity index is 473. The van der Waals surface area contributed by atoms with E-state index in [0.717, 1.165) is 23.0 Å². The zero-order valence-electron chi connectivity index (χ0n) is 10.3. The van der Waals surface area contributed by atoms with Crippen molar-refractivity contribution in [2.75, 3.05) is 13.1 Å². The van der Waals surface area contributed by atoms with Gasteiger partial charge in [-0.1, -0.05) is 0 Å². The lowest BCUT2D eigenvalue weighted by molar-refractivity contribution is -0.137. The van der Waals surface area contributed by atoms with Crippen molar-refractivity contribution >= 4 is 39.3 Å². The lowest BCUT2D eigenvalue weighted by atomic mass is 10.3. The number of carboxylic acids is 1. The summed E-state index contributed by atoms with van der Waals surface area (Å²) in [6, 6.07) is 3.81. The van der Waals surface area contributed by atoms with Crippen molar-refractivity contribution in [3.8, 4) is 0 Å². The number of amides is 2. The van der Waals surface area contributed by atoms with Gasteiger partial charge in [0.1, 0.15) is 6.54 Å². The molecule has 0 radical (unpaired) electrons. The van der Waals surface area contributed by atoms with Gasteiger partial charge in [-0.3, -0.25) is 4.79 Å². The van der Waals surface area contributed by atoms with E-state index >= 15 is 0 Å².